The number of benzene rings is 1. The number of hydrogen-bond acceptors (Lipinski definition) is 4. The molecule has 3 rings (SSSR count). The first-order chi connectivity index (χ1) is 12.1. The second kappa shape index (κ2) is 8.29. The summed E-state index contributed by atoms with van der Waals surface area (Å²) in [6.45, 7) is 3.14. The highest BCUT2D eigenvalue weighted by molar-refractivity contribution is 7.89. The predicted octanol–water partition coefficient (Wildman–Crippen LogP) is 1.27. The molecule has 2 N–H and O–H groups in total. The third-order valence-corrected chi connectivity index (χ3v) is 6.88. The van der Waals surface area contributed by atoms with Crippen LogP contribution in [0.4, 0.5) is 0 Å². The first kappa shape index (κ1) is 18.4. The summed E-state index contributed by atoms with van der Waals surface area (Å²) < 4.78 is 26.5. The van der Waals surface area contributed by atoms with Crippen molar-refractivity contribution in [3.63, 3.8) is 0 Å². The Balaban J connectivity index is 1.51. The Hall–Kier alpha value is -1.44. The number of nitrogens with zero attached hydrogens (tertiary/aromatic N) is 1. The molecule has 6 nitrogen and oxygen atoms in total. The van der Waals surface area contributed by atoms with E-state index in [-0.39, 0.29) is 11.9 Å². The molecule has 2 saturated heterocycles. The number of aryl methyl sites for hydroxylation is 1. The third-order valence-electron chi connectivity index (χ3n) is 4.97. The van der Waals surface area contributed by atoms with Gasteiger partial charge in [0.15, 0.2) is 0 Å². The average molecular weight is 365 g/mol. The number of rotatable bonds is 6. The van der Waals surface area contributed by atoms with E-state index in [4.69, 9.17) is 0 Å². The first-order valence-electron chi connectivity index (χ1n) is 9.15. The van der Waals surface area contributed by atoms with Gasteiger partial charge in [0.2, 0.25) is 15.9 Å². The van der Waals surface area contributed by atoms with Gasteiger partial charge in [-0.2, -0.15) is 4.31 Å². The van der Waals surface area contributed by atoms with Crippen LogP contribution in [0.15, 0.2) is 29.2 Å². The molecule has 0 unspecified atom stereocenters. The summed E-state index contributed by atoms with van der Waals surface area (Å²) in [6.07, 6.45) is 4.89. The van der Waals surface area contributed by atoms with E-state index < -0.39 is 10.0 Å². The van der Waals surface area contributed by atoms with Crippen LogP contribution in [-0.2, 0) is 21.2 Å². The Kier molecular flexibility index (Phi) is 6.09. The summed E-state index contributed by atoms with van der Waals surface area (Å²) >= 11 is 0. The van der Waals surface area contributed by atoms with E-state index in [1.165, 1.54) is 0 Å². The molecule has 0 aromatic heterocycles. The summed E-state index contributed by atoms with van der Waals surface area (Å²) in [6, 6.07) is 7.24. The Labute approximate surface area is 150 Å². The van der Waals surface area contributed by atoms with Crippen LogP contribution in [0, 0.1) is 0 Å². The molecule has 0 saturated carbocycles. The van der Waals surface area contributed by atoms with Crippen LogP contribution in [-0.4, -0.2) is 50.9 Å². The van der Waals surface area contributed by atoms with Gasteiger partial charge in [-0.15, -0.1) is 0 Å². The highest BCUT2D eigenvalue weighted by Gasteiger charge is 2.26. The zero-order valence-electron chi connectivity index (χ0n) is 14.5. The standard InChI is InChI=1S/C18H27N3O3S/c22-18(20-16-9-11-19-12-10-16)8-5-15-3-6-17(7-4-15)25(23,24)21-13-1-2-14-21/h3-4,6-7,16,19H,1-2,5,8-14H2,(H,20,22). The summed E-state index contributed by atoms with van der Waals surface area (Å²) in [7, 11) is -3.36. The Morgan fingerprint density at radius 3 is 2.40 bits per heavy atom. The maximum Gasteiger partial charge on any atom is 0.243 e. The zero-order valence-corrected chi connectivity index (χ0v) is 15.4. The summed E-state index contributed by atoms with van der Waals surface area (Å²) in [4.78, 5) is 12.4. The lowest BCUT2D eigenvalue weighted by Gasteiger charge is -2.23. The maximum atomic E-state index is 12.5. The first-order valence-corrected chi connectivity index (χ1v) is 10.6. The molecular weight excluding hydrogens is 338 g/mol. The number of sulfonamides is 1. The van der Waals surface area contributed by atoms with Crippen molar-refractivity contribution in [3.8, 4) is 0 Å². The van der Waals surface area contributed by atoms with Crippen molar-refractivity contribution in [2.24, 2.45) is 0 Å². The van der Waals surface area contributed by atoms with Crippen LogP contribution in [0.5, 0.6) is 0 Å². The maximum absolute atomic E-state index is 12.5. The largest absolute Gasteiger partial charge is 0.353 e. The normalized spacial score (nSPS) is 19.8. The van der Waals surface area contributed by atoms with E-state index >= 15 is 0 Å². The smallest absolute Gasteiger partial charge is 0.243 e. The zero-order chi connectivity index (χ0) is 17.7. The third kappa shape index (κ3) is 4.80. The number of nitrogens with one attached hydrogen (secondary N) is 2. The van der Waals surface area contributed by atoms with E-state index in [9.17, 15) is 13.2 Å². The summed E-state index contributed by atoms with van der Waals surface area (Å²) in [5, 5.41) is 6.36. The van der Waals surface area contributed by atoms with Gasteiger partial charge in [-0.1, -0.05) is 12.1 Å². The van der Waals surface area contributed by atoms with Gasteiger partial charge in [0.05, 0.1) is 4.90 Å². The van der Waals surface area contributed by atoms with E-state index in [0.29, 0.717) is 30.8 Å². The number of amides is 1. The van der Waals surface area contributed by atoms with Crippen molar-refractivity contribution < 1.29 is 13.2 Å². The fourth-order valence-electron chi connectivity index (χ4n) is 3.43. The molecular formula is C18H27N3O3S. The molecule has 0 atom stereocenters. The molecule has 1 amide bonds. The van der Waals surface area contributed by atoms with E-state index in [1.54, 1.807) is 16.4 Å². The average Bonchev–Trinajstić information content (AvgIpc) is 3.17. The molecule has 1 aromatic rings. The Morgan fingerprint density at radius 2 is 1.76 bits per heavy atom. The van der Waals surface area contributed by atoms with Crippen molar-refractivity contribution in [1.29, 1.82) is 0 Å². The molecule has 0 radical (unpaired) electrons. The van der Waals surface area contributed by atoms with Crippen molar-refractivity contribution >= 4 is 15.9 Å². The van der Waals surface area contributed by atoms with Crippen LogP contribution < -0.4 is 10.6 Å². The predicted molar refractivity (Wildman–Crippen MR) is 96.8 cm³/mol. The van der Waals surface area contributed by atoms with Gasteiger partial charge in [0.1, 0.15) is 0 Å². The molecule has 1 aromatic carbocycles. The van der Waals surface area contributed by atoms with Crippen LogP contribution >= 0.6 is 0 Å². The molecule has 2 fully saturated rings. The molecule has 2 heterocycles. The number of piperidine rings is 1. The van der Waals surface area contributed by atoms with Crippen molar-refractivity contribution in [3.05, 3.63) is 29.8 Å². The summed E-state index contributed by atoms with van der Waals surface area (Å²) in [5.74, 6) is 0.0701. The Bertz CT molecular complexity index is 676. The van der Waals surface area contributed by atoms with Gasteiger partial charge in [-0.05, 0) is 62.9 Å². The fourth-order valence-corrected chi connectivity index (χ4v) is 4.95. The molecule has 2 aliphatic rings. The lowest BCUT2D eigenvalue weighted by molar-refractivity contribution is -0.121. The van der Waals surface area contributed by atoms with Crippen molar-refractivity contribution in [1.82, 2.24) is 14.9 Å². The molecule has 0 aliphatic carbocycles. The molecule has 2 aliphatic heterocycles. The lowest BCUT2D eigenvalue weighted by atomic mass is 10.1. The SMILES string of the molecule is O=C(CCc1ccc(S(=O)(=O)N2CCCC2)cc1)NC1CCNCC1. The van der Waals surface area contributed by atoms with Crippen molar-refractivity contribution in [2.45, 2.75) is 49.5 Å². The van der Waals surface area contributed by atoms with E-state index in [2.05, 4.69) is 10.6 Å². The van der Waals surface area contributed by atoms with Gasteiger partial charge in [0, 0.05) is 25.6 Å². The molecule has 0 bridgehead atoms. The van der Waals surface area contributed by atoms with Crippen LogP contribution in [0.1, 0.15) is 37.7 Å². The monoisotopic (exact) mass is 365 g/mol. The van der Waals surface area contributed by atoms with Crippen LogP contribution in [0.2, 0.25) is 0 Å². The molecule has 7 heteroatoms. The molecule has 25 heavy (non-hydrogen) atoms. The Morgan fingerprint density at radius 1 is 1.12 bits per heavy atom. The van der Waals surface area contributed by atoms with Gasteiger partial charge in [-0.25, -0.2) is 8.42 Å². The van der Waals surface area contributed by atoms with Crippen LogP contribution in [0.25, 0.3) is 0 Å². The number of hydrogen-bond donors (Lipinski definition) is 2. The van der Waals surface area contributed by atoms with Gasteiger partial charge in [-0.3, -0.25) is 4.79 Å². The lowest BCUT2D eigenvalue weighted by Crippen LogP contribution is -2.42. The molecule has 0 spiro atoms. The number of carbonyl (C=O) groups excluding carboxylic acids is 1. The minimum absolute atomic E-state index is 0.0701. The minimum atomic E-state index is -3.36. The second-order valence-corrected chi connectivity index (χ2v) is 8.78. The van der Waals surface area contributed by atoms with Gasteiger partial charge < -0.3 is 10.6 Å². The molecule has 138 valence electrons. The van der Waals surface area contributed by atoms with E-state index in [1.807, 2.05) is 12.1 Å². The van der Waals surface area contributed by atoms with Gasteiger partial charge >= 0.3 is 0 Å². The fraction of sp³-hybridized carbons (Fsp3) is 0.611. The van der Waals surface area contributed by atoms with Crippen LogP contribution in [0.3, 0.4) is 0 Å². The van der Waals surface area contributed by atoms with Crippen molar-refractivity contribution in [2.75, 3.05) is 26.2 Å². The number of carbonyl (C=O) groups is 1. The highest BCUT2D eigenvalue weighted by Crippen LogP contribution is 2.21. The summed E-state index contributed by atoms with van der Waals surface area (Å²) in [5.41, 5.74) is 0.987. The second-order valence-electron chi connectivity index (χ2n) is 6.85. The minimum Gasteiger partial charge on any atom is -0.353 e. The van der Waals surface area contributed by atoms with Gasteiger partial charge in [0.25, 0.3) is 0 Å². The quantitative estimate of drug-likeness (QED) is 0.796. The van der Waals surface area contributed by atoms with E-state index in [0.717, 1.165) is 44.3 Å². The highest BCUT2D eigenvalue weighted by atomic mass is 32.2. The topological polar surface area (TPSA) is 78.5 Å².